The van der Waals surface area contributed by atoms with Gasteiger partial charge in [0.1, 0.15) is 0 Å². The molecule has 0 aliphatic carbocycles. The molecule has 1 amide bonds. The summed E-state index contributed by atoms with van der Waals surface area (Å²) in [7, 11) is 0. The fraction of sp³-hybridized carbons (Fsp3) is 0.160. The van der Waals surface area contributed by atoms with Crippen LogP contribution in [0.15, 0.2) is 82.4 Å². The number of hydrogen-bond donors (Lipinski definition) is 2. The van der Waals surface area contributed by atoms with E-state index < -0.39 is 11.1 Å². The summed E-state index contributed by atoms with van der Waals surface area (Å²) in [4.78, 5) is 39.2. The van der Waals surface area contributed by atoms with Crippen molar-refractivity contribution in [2.45, 2.75) is 26.4 Å². The molecule has 6 heteroatoms. The van der Waals surface area contributed by atoms with Crippen LogP contribution >= 0.6 is 0 Å². The molecule has 2 N–H and O–H groups in total. The van der Waals surface area contributed by atoms with Gasteiger partial charge in [0.25, 0.3) is 5.91 Å². The lowest BCUT2D eigenvalue weighted by Crippen LogP contribution is -2.36. The van der Waals surface area contributed by atoms with E-state index in [0.717, 1.165) is 16.7 Å². The summed E-state index contributed by atoms with van der Waals surface area (Å²) in [5.41, 5.74) is 3.41. The lowest BCUT2D eigenvalue weighted by molar-refractivity contribution is 0.0940. The number of amides is 1. The number of carbonyl (C=O) groups excluding carboxylic acids is 1. The van der Waals surface area contributed by atoms with Crippen LogP contribution < -0.4 is 16.4 Å². The van der Waals surface area contributed by atoms with Gasteiger partial charge in [-0.15, -0.1) is 0 Å². The van der Waals surface area contributed by atoms with Gasteiger partial charge in [0.05, 0.1) is 17.1 Å². The van der Waals surface area contributed by atoms with Gasteiger partial charge in [-0.1, -0.05) is 54.6 Å². The molecule has 0 saturated carbocycles. The number of H-pyrrole nitrogens is 1. The molecule has 0 spiro atoms. The Morgan fingerprint density at radius 3 is 2.32 bits per heavy atom. The fourth-order valence-corrected chi connectivity index (χ4v) is 3.69. The highest BCUT2D eigenvalue weighted by molar-refractivity contribution is 5.97. The van der Waals surface area contributed by atoms with E-state index in [1.807, 2.05) is 49.4 Å². The Kier molecular flexibility index (Phi) is 5.54. The van der Waals surface area contributed by atoms with Crippen LogP contribution in [0, 0.1) is 0 Å². The van der Waals surface area contributed by atoms with E-state index in [-0.39, 0.29) is 11.9 Å². The summed E-state index contributed by atoms with van der Waals surface area (Å²) in [6.45, 7) is 4.10. The van der Waals surface area contributed by atoms with Crippen LogP contribution in [0.25, 0.3) is 22.2 Å². The number of nitrogens with one attached hydrogen (secondary N) is 2. The molecule has 0 radical (unpaired) electrons. The summed E-state index contributed by atoms with van der Waals surface area (Å²) >= 11 is 0. The van der Waals surface area contributed by atoms with Crippen LogP contribution in [-0.4, -0.2) is 15.5 Å². The maximum Gasteiger partial charge on any atom is 0.316 e. The quantitative estimate of drug-likeness (QED) is 0.487. The third-order valence-corrected chi connectivity index (χ3v) is 5.42. The average molecular weight is 413 g/mol. The Bertz CT molecular complexity index is 1350. The van der Waals surface area contributed by atoms with Crippen molar-refractivity contribution in [3.05, 3.63) is 105 Å². The highest BCUT2D eigenvalue weighted by Gasteiger charge is 2.14. The molecule has 0 saturated heterocycles. The van der Waals surface area contributed by atoms with Crippen molar-refractivity contribution in [2.24, 2.45) is 0 Å². The first-order valence-corrected chi connectivity index (χ1v) is 10.2. The predicted molar refractivity (Wildman–Crippen MR) is 122 cm³/mol. The Labute approximate surface area is 179 Å². The Balaban J connectivity index is 1.55. The molecule has 0 aliphatic rings. The van der Waals surface area contributed by atoms with E-state index >= 15 is 0 Å². The topological polar surface area (TPSA) is 84.0 Å². The van der Waals surface area contributed by atoms with Gasteiger partial charge >= 0.3 is 11.1 Å². The third-order valence-electron chi connectivity index (χ3n) is 5.42. The number of aromatic amines is 1. The van der Waals surface area contributed by atoms with Gasteiger partial charge in [-0.25, -0.2) is 0 Å². The van der Waals surface area contributed by atoms with Gasteiger partial charge in [-0.3, -0.25) is 14.4 Å². The van der Waals surface area contributed by atoms with E-state index in [2.05, 4.69) is 22.4 Å². The van der Waals surface area contributed by atoms with Gasteiger partial charge in [0, 0.05) is 12.1 Å². The third kappa shape index (κ3) is 4.05. The van der Waals surface area contributed by atoms with Gasteiger partial charge < -0.3 is 14.9 Å². The van der Waals surface area contributed by atoms with E-state index in [0.29, 0.717) is 23.1 Å². The molecule has 0 aliphatic heterocycles. The monoisotopic (exact) mass is 413 g/mol. The van der Waals surface area contributed by atoms with Gasteiger partial charge in [0.2, 0.25) is 0 Å². The molecule has 1 unspecified atom stereocenters. The zero-order valence-electron chi connectivity index (χ0n) is 17.4. The number of nitrogens with zero attached hydrogens (tertiary/aromatic N) is 1. The second kappa shape index (κ2) is 8.44. The molecule has 3 aromatic carbocycles. The lowest BCUT2D eigenvalue weighted by Gasteiger charge is -2.15. The van der Waals surface area contributed by atoms with Crippen molar-refractivity contribution in [2.75, 3.05) is 0 Å². The summed E-state index contributed by atoms with van der Waals surface area (Å²) in [6, 6.07) is 22.9. The zero-order chi connectivity index (χ0) is 22.0. The van der Waals surface area contributed by atoms with Crippen molar-refractivity contribution in [1.29, 1.82) is 0 Å². The second-order valence-corrected chi connectivity index (χ2v) is 7.42. The molecule has 0 fully saturated rings. The van der Waals surface area contributed by atoms with Gasteiger partial charge in [-0.05, 0) is 48.7 Å². The maximum atomic E-state index is 12.8. The zero-order valence-corrected chi connectivity index (χ0v) is 17.4. The normalized spacial score (nSPS) is 11.9. The smallest absolute Gasteiger partial charge is 0.316 e. The minimum Gasteiger partial charge on any atom is -0.346 e. The number of aromatic nitrogens is 2. The largest absolute Gasteiger partial charge is 0.346 e. The summed E-state index contributed by atoms with van der Waals surface area (Å²) in [5.74, 6) is -0.253. The molecule has 1 heterocycles. The minimum absolute atomic E-state index is 0.198. The van der Waals surface area contributed by atoms with E-state index in [4.69, 9.17) is 0 Å². The Hall–Kier alpha value is -3.93. The number of fused-ring (bicyclic) bond motifs is 1. The number of benzene rings is 3. The van der Waals surface area contributed by atoms with Crippen molar-refractivity contribution < 1.29 is 4.79 Å². The van der Waals surface area contributed by atoms with Crippen molar-refractivity contribution in [3.8, 4) is 11.1 Å². The Morgan fingerprint density at radius 1 is 0.968 bits per heavy atom. The van der Waals surface area contributed by atoms with Crippen LogP contribution in [0.4, 0.5) is 0 Å². The molecule has 1 atom stereocenters. The summed E-state index contributed by atoms with van der Waals surface area (Å²) < 4.78 is 1.40. The first-order valence-electron chi connectivity index (χ1n) is 10.2. The molecular formula is C25H23N3O3. The number of aryl methyl sites for hydroxylation is 1. The number of carbonyl (C=O) groups is 1. The van der Waals surface area contributed by atoms with Crippen LogP contribution in [0.3, 0.4) is 0 Å². The molecule has 4 rings (SSSR count). The van der Waals surface area contributed by atoms with Gasteiger partial charge in [-0.2, -0.15) is 0 Å². The fourth-order valence-electron chi connectivity index (χ4n) is 3.69. The Morgan fingerprint density at radius 2 is 1.65 bits per heavy atom. The summed E-state index contributed by atoms with van der Waals surface area (Å²) in [6.07, 6.45) is 0. The highest BCUT2D eigenvalue weighted by Crippen LogP contribution is 2.22. The van der Waals surface area contributed by atoms with Gasteiger partial charge in [0.15, 0.2) is 0 Å². The number of hydrogen-bond acceptors (Lipinski definition) is 3. The van der Waals surface area contributed by atoms with E-state index in [1.54, 1.807) is 25.1 Å². The SMILES string of the molecule is CCn1c(=O)c(=O)[nH]c2cc(C(=O)NC(C)c3ccc(-c4ccccc4)cc3)ccc21. The molecule has 4 aromatic rings. The molecule has 156 valence electrons. The van der Waals surface area contributed by atoms with Crippen molar-refractivity contribution in [3.63, 3.8) is 0 Å². The van der Waals surface area contributed by atoms with Crippen LogP contribution in [0.1, 0.15) is 35.8 Å². The highest BCUT2D eigenvalue weighted by atomic mass is 16.2. The first kappa shape index (κ1) is 20.3. The van der Waals surface area contributed by atoms with Crippen LogP contribution in [-0.2, 0) is 6.54 Å². The first-order chi connectivity index (χ1) is 15.0. The van der Waals surface area contributed by atoms with Crippen molar-refractivity contribution in [1.82, 2.24) is 14.9 Å². The minimum atomic E-state index is -0.696. The lowest BCUT2D eigenvalue weighted by atomic mass is 10.0. The predicted octanol–water partition coefficient (Wildman–Crippen LogP) is 3.87. The molecular weight excluding hydrogens is 390 g/mol. The van der Waals surface area contributed by atoms with E-state index in [9.17, 15) is 14.4 Å². The van der Waals surface area contributed by atoms with Crippen LogP contribution in [0.2, 0.25) is 0 Å². The molecule has 1 aromatic heterocycles. The van der Waals surface area contributed by atoms with Crippen LogP contribution in [0.5, 0.6) is 0 Å². The second-order valence-electron chi connectivity index (χ2n) is 7.42. The standard InChI is InChI=1S/C25H23N3O3/c1-3-28-22-14-13-20(15-21(22)27-24(30)25(28)31)23(29)26-16(2)17-9-11-19(12-10-17)18-7-5-4-6-8-18/h4-16H,3H2,1-2H3,(H,26,29)(H,27,30). The number of rotatable bonds is 5. The van der Waals surface area contributed by atoms with Crippen molar-refractivity contribution >= 4 is 16.9 Å². The van der Waals surface area contributed by atoms with E-state index in [1.165, 1.54) is 4.57 Å². The average Bonchev–Trinajstić information content (AvgIpc) is 2.80. The molecule has 0 bridgehead atoms. The molecule has 6 nitrogen and oxygen atoms in total. The summed E-state index contributed by atoms with van der Waals surface area (Å²) in [5, 5.41) is 2.99. The maximum absolute atomic E-state index is 12.8. The molecule has 31 heavy (non-hydrogen) atoms.